The van der Waals surface area contributed by atoms with Gasteiger partial charge in [-0.3, -0.25) is 4.79 Å². The summed E-state index contributed by atoms with van der Waals surface area (Å²) in [5, 5.41) is 10.1. The van der Waals surface area contributed by atoms with Crippen LogP contribution in [0, 0.1) is 28.6 Å². The number of hydrogen-bond acceptors (Lipinski definition) is 3. The van der Waals surface area contributed by atoms with E-state index in [1.807, 2.05) is 0 Å². The number of rotatable bonds is 0. The van der Waals surface area contributed by atoms with Crippen LogP contribution >= 0.6 is 0 Å². The lowest BCUT2D eigenvalue weighted by molar-refractivity contribution is -0.165. The van der Waals surface area contributed by atoms with Crippen molar-refractivity contribution in [1.82, 2.24) is 0 Å². The molecule has 0 aromatic carbocycles. The maximum Gasteiger partial charge on any atom is 0.306 e. The lowest BCUT2D eigenvalue weighted by Crippen LogP contribution is -2.53. The van der Waals surface area contributed by atoms with E-state index in [1.165, 1.54) is 24.8 Å². The van der Waals surface area contributed by atoms with Crippen molar-refractivity contribution in [2.45, 2.75) is 76.9 Å². The highest BCUT2D eigenvalue weighted by atomic mass is 16.6. The second kappa shape index (κ2) is 5.00. The van der Waals surface area contributed by atoms with Crippen LogP contribution in [-0.4, -0.2) is 22.8 Å². The van der Waals surface area contributed by atoms with Gasteiger partial charge < -0.3 is 9.84 Å². The van der Waals surface area contributed by atoms with Crippen molar-refractivity contribution in [3.8, 4) is 0 Å². The van der Waals surface area contributed by atoms with Gasteiger partial charge in [0.15, 0.2) is 0 Å². The molecule has 5 rings (SSSR count). The summed E-state index contributed by atoms with van der Waals surface area (Å²) in [4.78, 5) is 11.9. The SMILES string of the molecule is C[C@]12CC[C@@H](O)C=C1C=C[C@@H]1[C@@H]2CC[C@@]2(C)[C@H]1CC[C@]21CCC(=O)O1. The fourth-order valence-electron chi connectivity index (χ4n) is 7.44. The van der Waals surface area contributed by atoms with E-state index in [0.29, 0.717) is 24.2 Å². The number of aliphatic hydroxyl groups is 1. The molecule has 1 N–H and O–H groups in total. The molecular formula is C22H30O3. The molecule has 7 atom stereocenters. The first-order valence-corrected chi connectivity index (χ1v) is 10.2. The van der Waals surface area contributed by atoms with Gasteiger partial charge in [-0.1, -0.05) is 32.1 Å². The fourth-order valence-corrected chi connectivity index (χ4v) is 7.44. The lowest BCUT2D eigenvalue weighted by atomic mass is 9.48. The van der Waals surface area contributed by atoms with Gasteiger partial charge in [0.2, 0.25) is 0 Å². The number of aliphatic hydroxyl groups excluding tert-OH is 1. The molecule has 4 aliphatic carbocycles. The minimum absolute atomic E-state index is 0.0154. The number of carbonyl (C=O) groups is 1. The molecule has 0 aromatic rings. The summed E-state index contributed by atoms with van der Waals surface area (Å²) >= 11 is 0. The standard InChI is InChI=1S/C22H30O3/c1-20-9-5-15(23)13-14(20)3-4-16-17(20)6-10-21(2)18(16)7-11-22(21)12-8-19(24)25-22/h3-4,13,15-18,23H,5-12H2,1-2H3/t15-,16-,17+,18+,20+,21+,22+/m1/s1. The van der Waals surface area contributed by atoms with E-state index in [0.717, 1.165) is 25.7 Å². The van der Waals surface area contributed by atoms with Crippen molar-refractivity contribution < 1.29 is 14.6 Å². The van der Waals surface area contributed by atoms with Gasteiger partial charge in [0, 0.05) is 11.8 Å². The van der Waals surface area contributed by atoms with Crippen molar-refractivity contribution in [3.63, 3.8) is 0 Å². The topological polar surface area (TPSA) is 46.5 Å². The van der Waals surface area contributed by atoms with Crippen LogP contribution in [0.1, 0.15) is 65.2 Å². The van der Waals surface area contributed by atoms with E-state index < -0.39 is 0 Å². The number of fused-ring (bicyclic) bond motifs is 6. The molecule has 5 aliphatic rings. The van der Waals surface area contributed by atoms with Gasteiger partial charge in [0.1, 0.15) is 5.60 Å². The van der Waals surface area contributed by atoms with E-state index in [2.05, 4.69) is 32.1 Å². The third kappa shape index (κ3) is 1.94. The molecule has 1 aliphatic heterocycles. The van der Waals surface area contributed by atoms with Gasteiger partial charge >= 0.3 is 5.97 Å². The first-order chi connectivity index (χ1) is 11.9. The maximum absolute atomic E-state index is 11.9. The van der Waals surface area contributed by atoms with Gasteiger partial charge in [-0.05, 0) is 73.7 Å². The Morgan fingerprint density at radius 2 is 1.88 bits per heavy atom. The highest BCUT2D eigenvalue weighted by Gasteiger charge is 2.66. The quantitative estimate of drug-likeness (QED) is 0.672. The summed E-state index contributed by atoms with van der Waals surface area (Å²) in [5.74, 6) is 1.90. The highest BCUT2D eigenvalue weighted by molar-refractivity contribution is 5.72. The smallest absolute Gasteiger partial charge is 0.306 e. The Morgan fingerprint density at radius 3 is 2.64 bits per heavy atom. The number of carbonyl (C=O) groups excluding carboxylic acids is 1. The molecule has 0 amide bonds. The number of ether oxygens (including phenoxy) is 1. The molecule has 0 bridgehead atoms. The summed E-state index contributed by atoms with van der Waals surface area (Å²) in [5.41, 5.74) is 1.52. The van der Waals surface area contributed by atoms with Crippen LogP contribution < -0.4 is 0 Å². The van der Waals surface area contributed by atoms with E-state index in [-0.39, 0.29) is 28.5 Å². The lowest BCUT2D eigenvalue weighted by Gasteiger charge is -2.57. The summed E-state index contributed by atoms with van der Waals surface area (Å²) in [7, 11) is 0. The second-order valence-electron chi connectivity index (χ2n) is 9.76. The Kier molecular flexibility index (Phi) is 3.22. The molecular weight excluding hydrogens is 312 g/mol. The zero-order valence-corrected chi connectivity index (χ0v) is 15.5. The van der Waals surface area contributed by atoms with Crippen molar-refractivity contribution in [1.29, 1.82) is 0 Å². The van der Waals surface area contributed by atoms with Crippen molar-refractivity contribution >= 4 is 5.97 Å². The first kappa shape index (κ1) is 16.1. The van der Waals surface area contributed by atoms with Crippen LogP contribution in [0.5, 0.6) is 0 Å². The van der Waals surface area contributed by atoms with Crippen LogP contribution in [0.15, 0.2) is 23.8 Å². The molecule has 2 saturated carbocycles. The molecule has 3 heteroatoms. The predicted molar refractivity (Wildman–Crippen MR) is 95.7 cm³/mol. The summed E-state index contributed by atoms with van der Waals surface area (Å²) in [6.07, 6.45) is 14.7. The fraction of sp³-hybridized carbons (Fsp3) is 0.773. The largest absolute Gasteiger partial charge is 0.458 e. The molecule has 3 nitrogen and oxygen atoms in total. The Balaban J connectivity index is 1.52. The van der Waals surface area contributed by atoms with Crippen LogP contribution in [0.4, 0.5) is 0 Å². The molecule has 0 unspecified atom stereocenters. The summed E-state index contributed by atoms with van der Waals surface area (Å²) in [6, 6.07) is 0. The third-order valence-corrected chi connectivity index (χ3v) is 8.97. The van der Waals surface area contributed by atoms with E-state index in [4.69, 9.17) is 4.74 Å². The van der Waals surface area contributed by atoms with E-state index in [1.54, 1.807) is 0 Å². The van der Waals surface area contributed by atoms with Crippen LogP contribution in [0.25, 0.3) is 0 Å². The third-order valence-electron chi connectivity index (χ3n) is 8.97. The molecule has 0 radical (unpaired) electrons. The zero-order valence-electron chi connectivity index (χ0n) is 15.5. The Hall–Kier alpha value is -1.09. The van der Waals surface area contributed by atoms with Crippen molar-refractivity contribution in [3.05, 3.63) is 23.8 Å². The average Bonchev–Trinajstić information content (AvgIpc) is 3.10. The minimum Gasteiger partial charge on any atom is -0.458 e. The number of allylic oxidation sites excluding steroid dienone is 3. The van der Waals surface area contributed by atoms with Gasteiger partial charge in [-0.25, -0.2) is 0 Å². The minimum atomic E-state index is -0.272. The van der Waals surface area contributed by atoms with Gasteiger partial charge in [-0.15, -0.1) is 0 Å². The first-order valence-electron chi connectivity index (χ1n) is 10.2. The average molecular weight is 342 g/mol. The van der Waals surface area contributed by atoms with Gasteiger partial charge in [-0.2, -0.15) is 0 Å². The Labute approximate surface area is 150 Å². The number of esters is 1. The summed E-state index contributed by atoms with van der Waals surface area (Å²) in [6.45, 7) is 4.83. The van der Waals surface area contributed by atoms with E-state index >= 15 is 0 Å². The molecule has 1 saturated heterocycles. The highest BCUT2D eigenvalue weighted by Crippen LogP contribution is 2.68. The van der Waals surface area contributed by atoms with Crippen LogP contribution in [-0.2, 0) is 9.53 Å². The van der Waals surface area contributed by atoms with Crippen molar-refractivity contribution in [2.24, 2.45) is 28.6 Å². The second-order valence-corrected chi connectivity index (χ2v) is 9.76. The van der Waals surface area contributed by atoms with E-state index in [9.17, 15) is 9.90 Å². The van der Waals surface area contributed by atoms with Crippen molar-refractivity contribution in [2.75, 3.05) is 0 Å². The van der Waals surface area contributed by atoms with Crippen LogP contribution in [0.3, 0.4) is 0 Å². The predicted octanol–water partition coefficient (Wildman–Crippen LogP) is 4.16. The zero-order chi connectivity index (χ0) is 17.4. The van der Waals surface area contributed by atoms with Crippen LogP contribution in [0.2, 0.25) is 0 Å². The molecule has 3 fully saturated rings. The van der Waals surface area contributed by atoms with Gasteiger partial charge in [0.05, 0.1) is 6.10 Å². The van der Waals surface area contributed by atoms with Gasteiger partial charge in [0.25, 0.3) is 0 Å². The molecule has 1 heterocycles. The maximum atomic E-state index is 11.9. The normalized spacial score (nSPS) is 53.9. The molecule has 1 spiro atoms. The Morgan fingerprint density at radius 1 is 1.08 bits per heavy atom. The molecule has 136 valence electrons. The monoisotopic (exact) mass is 342 g/mol. The molecule has 25 heavy (non-hydrogen) atoms. The Bertz CT molecular complexity index is 679. The molecule has 0 aromatic heterocycles. The number of hydrogen-bond donors (Lipinski definition) is 1. The summed E-state index contributed by atoms with van der Waals surface area (Å²) < 4.78 is 6.00.